The molecule has 2 heterocycles. The van der Waals surface area contributed by atoms with Crippen molar-refractivity contribution in [1.29, 1.82) is 0 Å². The Labute approximate surface area is 129 Å². The molecule has 3 heteroatoms. The molecule has 1 aromatic heterocycles. The number of aryl methyl sites for hydroxylation is 1. The number of nitrogens with zero attached hydrogens (tertiary/aromatic N) is 2. The van der Waals surface area contributed by atoms with Crippen molar-refractivity contribution >= 4 is 5.69 Å². The van der Waals surface area contributed by atoms with Crippen LogP contribution in [0.5, 0.6) is 0 Å². The fourth-order valence-corrected chi connectivity index (χ4v) is 4.13. The largest absolute Gasteiger partial charge is 0.364 e. The lowest BCUT2D eigenvalue weighted by Gasteiger charge is -2.52. The second-order valence-corrected chi connectivity index (χ2v) is 7.27. The van der Waals surface area contributed by atoms with Gasteiger partial charge in [0.15, 0.2) is 0 Å². The molecule has 1 spiro atoms. The summed E-state index contributed by atoms with van der Waals surface area (Å²) in [6.45, 7) is 9.06. The summed E-state index contributed by atoms with van der Waals surface area (Å²) >= 11 is 0. The van der Waals surface area contributed by atoms with Crippen LogP contribution in [0.1, 0.15) is 51.6 Å². The maximum absolute atomic E-state index is 4.52. The van der Waals surface area contributed by atoms with E-state index in [4.69, 9.17) is 0 Å². The molecule has 0 aromatic carbocycles. The van der Waals surface area contributed by atoms with Crippen molar-refractivity contribution in [2.24, 2.45) is 5.92 Å². The Morgan fingerprint density at radius 3 is 2.71 bits per heavy atom. The molecule has 2 aliphatic rings. The van der Waals surface area contributed by atoms with Crippen LogP contribution in [0.15, 0.2) is 18.3 Å². The van der Waals surface area contributed by atoms with E-state index >= 15 is 0 Å². The van der Waals surface area contributed by atoms with E-state index in [1.54, 1.807) is 0 Å². The van der Waals surface area contributed by atoms with Gasteiger partial charge in [-0.25, -0.2) is 0 Å². The number of hydrogen-bond acceptors (Lipinski definition) is 3. The first kappa shape index (κ1) is 14.8. The zero-order chi connectivity index (χ0) is 14.9. The topological polar surface area (TPSA) is 28.2 Å². The molecule has 116 valence electrons. The van der Waals surface area contributed by atoms with Gasteiger partial charge in [0.25, 0.3) is 0 Å². The van der Waals surface area contributed by atoms with Gasteiger partial charge < -0.3 is 10.2 Å². The van der Waals surface area contributed by atoms with Crippen molar-refractivity contribution in [1.82, 2.24) is 10.3 Å². The SMILES string of the molecule is Cc1ncccc1N1CC2(CCCCC2)NCC1C(C)C. The van der Waals surface area contributed by atoms with E-state index in [1.165, 1.54) is 37.8 Å². The molecule has 0 radical (unpaired) electrons. The predicted octanol–water partition coefficient (Wildman–Crippen LogP) is 3.53. The monoisotopic (exact) mass is 287 g/mol. The first-order valence-electron chi connectivity index (χ1n) is 8.55. The molecule has 1 atom stereocenters. The molecule has 21 heavy (non-hydrogen) atoms. The number of piperazine rings is 1. The molecule has 2 fully saturated rings. The minimum atomic E-state index is 0.339. The van der Waals surface area contributed by atoms with Crippen LogP contribution in [-0.2, 0) is 0 Å². The Morgan fingerprint density at radius 2 is 2.05 bits per heavy atom. The molecule has 0 amide bonds. The van der Waals surface area contributed by atoms with Crippen LogP contribution in [0.3, 0.4) is 0 Å². The Morgan fingerprint density at radius 1 is 1.29 bits per heavy atom. The van der Waals surface area contributed by atoms with Crippen molar-refractivity contribution in [2.75, 3.05) is 18.0 Å². The zero-order valence-corrected chi connectivity index (χ0v) is 13.7. The Balaban J connectivity index is 1.90. The highest BCUT2D eigenvalue weighted by molar-refractivity contribution is 5.52. The van der Waals surface area contributed by atoms with Gasteiger partial charge in [0.2, 0.25) is 0 Å². The molecule has 1 aliphatic heterocycles. The molecule has 1 N–H and O–H groups in total. The van der Waals surface area contributed by atoms with Gasteiger partial charge in [-0.1, -0.05) is 33.1 Å². The van der Waals surface area contributed by atoms with Crippen LogP contribution in [0, 0.1) is 12.8 Å². The van der Waals surface area contributed by atoms with E-state index < -0.39 is 0 Å². The molecule has 1 saturated carbocycles. The summed E-state index contributed by atoms with van der Waals surface area (Å²) in [6.07, 6.45) is 8.71. The standard InChI is InChI=1S/C18H29N3/c1-14(2)17-12-20-18(9-5-4-6-10-18)13-21(17)16-8-7-11-19-15(16)3/h7-8,11,14,17,20H,4-6,9-10,12-13H2,1-3H3. The van der Waals surface area contributed by atoms with E-state index in [0.717, 1.165) is 18.8 Å². The van der Waals surface area contributed by atoms with Crippen LogP contribution in [0.2, 0.25) is 0 Å². The molecule has 0 bridgehead atoms. The highest BCUT2D eigenvalue weighted by Gasteiger charge is 2.41. The predicted molar refractivity (Wildman–Crippen MR) is 88.8 cm³/mol. The molecule has 1 saturated heterocycles. The van der Waals surface area contributed by atoms with Gasteiger partial charge >= 0.3 is 0 Å². The van der Waals surface area contributed by atoms with Gasteiger partial charge in [-0.2, -0.15) is 0 Å². The summed E-state index contributed by atoms with van der Waals surface area (Å²) in [5, 5.41) is 3.92. The maximum Gasteiger partial charge on any atom is 0.0605 e. The van der Waals surface area contributed by atoms with Gasteiger partial charge in [0.1, 0.15) is 0 Å². The molecule has 3 nitrogen and oxygen atoms in total. The molecule has 1 aliphatic carbocycles. The van der Waals surface area contributed by atoms with Crippen molar-refractivity contribution in [3.63, 3.8) is 0 Å². The molecular weight excluding hydrogens is 258 g/mol. The lowest BCUT2D eigenvalue weighted by atomic mass is 9.78. The number of rotatable bonds is 2. The Bertz CT molecular complexity index is 477. The first-order chi connectivity index (χ1) is 10.1. The molecule has 1 unspecified atom stereocenters. The fraction of sp³-hybridized carbons (Fsp3) is 0.722. The van der Waals surface area contributed by atoms with Gasteiger partial charge in [-0.15, -0.1) is 0 Å². The van der Waals surface area contributed by atoms with E-state index in [2.05, 4.69) is 48.1 Å². The second kappa shape index (κ2) is 5.96. The van der Waals surface area contributed by atoms with Gasteiger partial charge in [-0.3, -0.25) is 4.98 Å². The number of hydrogen-bond donors (Lipinski definition) is 1. The highest BCUT2D eigenvalue weighted by atomic mass is 15.3. The average Bonchev–Trinajstić information content (AvgIpc) is 2.48. The minimum absolute atomic E-state index is 0.339. The van der Waals surface area contributed by atoms with Crippen molar-refractivity contribution in [2.45, 2.75) is 64.5 Å². The van der Waals surface area contributed by atoms with Crippen molar-refractivity contribution < 1.29 is 0 Å². The quantitative estimate of drug-likeness (QED) is 0.902. The van der Waals surface area contributed by atoms with E-state index in [9.17, 15) is 0 Å². The minimum Gasteiger partial charge on any atom is -0.364 e. The molecule has 3 rings (SSSR count). The smallest absolute Gasteiger partial charge is 0.0605 e. The Kier molecular flexibility index (Phi) is 4.21. The van der Waals surface area contributed by atoms with Gasteiger partial charge in [0, 0.05) is 30.9 Å². The van der Waals surface area contributed by atoms with E-state index in [1.807, 2.05) is 6.20 Å². The number of nitrogens with one attached hydrogen (secondary N) is 1. The van der Waals surface area contributed by atoms with Crippen molar-refractivity contribution in [3.8, 4) is 0 Å². The summed E-state index contributed by atoms with van der Waals surface area (Å²) in [5.41, 5.74) is 2.84. The second-order valence-electron chi connectivity index (χ2n) is 7.27. The van der Waals surface area contributed by atoms with Crippen LogP contribution >= 0.6 is 0 Å². The third-order valence-corrected chi connectivity index (χ3v) is 5.43. The fourth-order valence-electron chi connectivity index (χ4n) is 4.13. The van der Waals surface area contributed by atoms with Crippen LogP contribution in [0.25, 0.3) is 0 Å². The first-order valence-corrected chi connectivity index (χ1v) is 8.55. The third kappa shape index (κ3) is 2.94. The summed E-state index contributed by atoms with van der Waals surface area (Å²) in [5.74, 6) is 0.651. The highest BCUT2D eigenvalue weighted by Crippen LogP contribution is 2.35. The number of pyridine rings is 1. The summed E-state index contributed by atoms with van der Waals surface area (Å²) in [4.78, 5) is 7.17. The van der Waals surface area contributed by atoms with E-state index in [0.29, 0.717) is 17.5 Å². The molecule has 1 aromatic rings. The van der Waals surface area contributed by atoms with Crippen LogP contribution in [-0.4, -0.2) is 29.7 Å². The maximum atomic E-state index is 4.52. The Hall–Kier alpha value is -1.09. The van der Waals surface area contributed by atoms with Gasteiger partial charge in [-0.05, 0) is 37.8 Å². The van der Waals surface area contributed by atoms with E-state index in [-0.39, 0.29) is 0 Å². The summed E-state index contributed by atoms with van der Waals surface area (Å²) in [7, 11) is 0. The zero-order valence-electron chi connectivity index (χ0n) is 13.7. The molecular formula is C18H29N3. The van der Waals surface area contributed by atoms with Crippen LogP contribution in [0.4, 0.5) is 5.69 Å². The number of anilines is 1. The average molecular weight is 287 g/mol. The lowest BCUT2D eigenvalue weighted by Crippen LogP contribution is -2.66. The van der Waals surface area contributed by atoms with Crippen LogP contribution < -0.4 is 10.2 Å². The van der Waals surface area contributed by atoms with Gasteiger partial charge in [0.05, 0.1) is 11.4 Å². The number of aromatic nitrogens is 1. The summed E-state index contributed by atoms with van der Waals surface area (Å²) < 4.78 is 0. The normalized spacial score (nSPS) is 25.5. The lowest BCUT2D eigenvalue weighted by molar-refractivity contribution is 0.184. The van der Waals surface area contributed by atoms with Crippen molar-refractivity contribution in [3.05, 3.63) is 24.0 Å². The summed E-state index contributed by atoms with van der Waals surface area (Å²) in [6, 6.07) is 4.90. The third-order valence-electron chi connectivity index (χ3n) is 5.43.